The van der Waals surface area contributed by atoms with Crippen LogP contribution in [0.4, 0.5) is 33.6 Å². The van der Waals surface area contributed by atoms with E-state index in [9.17, 15) is 13.2 Å². The van der Waals surface area contributed by atoms with Crippen LogP contribution in [-0.4, -0.2) is 48.7 Å². The molecule has 7 nitrogen and oxygen atoms in total. The second kappa shape index (κ2) is 7.51. The Kier molecular flexibility index (Phi) is 4.85. The first kappa shape index (κ1) is 21.3. The van der Waals surface area contributed by atoms with Gasteiger partial charge in [0.2, 0.25) is 5.82 Å². The summed E-state index contributed by atoms with van der Waals surface area (Å²) >= 11 is 0. The average Bonchev–Trinajstić information content (AvgIpc) is 3.32. The van der Waals surface area contributed by atoms with Gasteiger partial charge in [-0.3, -0.25) is 10.00 Å². The van der Waals surface area contributed by atoms with E-state index in [1.807, 2.05) is 0 Å². The van der Waals surface area contributed by atoms with Crippen LogP contribution in [0.2, 0.25) is 0 Å². The molecule has 1 aliphatic heterocycles. The summed E-state index contributed by atoms with van der Waals surface area (Å²) in [5.74, 6) is -7.37. The number of alkyl halides is 4. The molecule has 0 unspecified atom stereocenters. The second-order valence-electron chi connectivity index (χ2n) is 8.11. The number of benzene rings is 1. The van der Waals surface area contributed by atoms with Gasteiger partial charge in [0.15, 0.2) is 11.6 Å². The molecule has 0 bridgehead atoms. The summed E-state index contributed by atoms with van der Waals surface area (Å²) in [4.78, 5) is 5.59. The average molecular weight is 463 g/mol. The van der Waals surface area contributed by atoms with Crippen molar-refractivity contribution in [3.63, 3.8) is 0 Å². The molecule has 0 atom stereocenters. The van der Waals surface area contributed by atoms with E-state index in [2.05, 4.69) is 25.6 Å². The number of H-pyrrole nitrogens is 1. The molecule has 5 rings (SSSR count). The Balaban J connectivity index is 1.55. The molecule has 1 aromatic carbocycles. The van der Waals surface area contributed by atoms with Crippen LogP contribution < -0.4 is 5.32 Å². The highest BCUT2D eigenvalue weighted by molar-refractivity contribution is 5.73. The first-order valence-corrected chi connectivity index (χ1v) is 10.0. The Labute approximate surface area is 184 Å². The number of rotatable bonds is 6. The van der Waals surface area contributed by atoms with E-state index < -0.39 is 29.1 Å². The zero-order valence-electron chi connectivity index (χ0n) is 17.3. The van der Waals surface area contributed by atoms with Crippen LogP contribution in [0, 0.1) is 12.7 Å². The van der Waals surface area contributed by atoms with Crippen LogP contribution in [-0.2, 0) is 12.5 Å². The summed E-state index contributed by atoms with van der Waals surface area (Å²) in [7, 11) is 0. The third-order valence-corrected chi connectivity index (χ3v) is 5.28. The Morgan fingerprint density at radius 1 is 1.15 bits per heavy atom. The van der Waals surface area contributed by atoms with Crippen molar-refractivity contribution in [3.8, 4) is 0 Å². The molecule has 1 aliphatic rings. The highest BCUT2D eigenvalue weighted by Crippen LogP contribution is 2.35. The number of nitrogens with one attached hydrogen (secondary N) is 2. The van der Waals surface area contributed by atoms with Crippen LogP contribution in [0.3, 0.4) is 0 Å². The van der Waals surface area contributed by atoms with Crippen molar-refractivity contribution in [2.45, 2.75) is 25.3 Å². The summed E-state index contributed by atoms with van der Waals surface area (Å²) in [6.07, 6.45) is 1.50. The van der Waals surface area contributed by atoms with E-state index >= 15 is 8.78 Å². The number of hydrogen-bond donors (Lipinski definition) is 2. The minimum Gasteiger partial charge on any atom is -0.322 e. The Morgan fingerprint density at radius 3 is 2.52 bits per heavy atom. The minimum atomic E-state index is -3.62. The molecule has 33 heavy (non-hydrogen) atoms. The number of aromatic amines is 1. The summed E-state index contributed by atoms with van der Waals surface area (Å²) in [6, 6.07) is 7.13. The molecule has 0 spiro atoms. The zero-order valence-corrected chi connectivity index (χ0v) is 17.3. The van der Waals surface area contributed by atoms with Gasteiger partial charge in [-0.25, -0.2) is 22.7 Å². The fourth-order valence-electron chi connectivity index (χ4n) is 3.73. The van der Waals surface area contributed by atoms with Gasteiger partial charge in [0, 0.05) is 30.1 Å². The van der Waals surface area contributed by atoms with Gasteiger partial charge < -0.3 is 5.32 Å². The van der Waals surface area contributed by atoms with E-state index in [-0.39, 0.29) is 25.5 Å². The maximum atomic E-state index is 15.2. The summed E-state index contributed by atoms with van der Waals surface area (Å²) < 4.78 is 71.3. The van der Waals surface area contributed by atoms with Gasteiger partial charge >= 0.3 is 5.92 Å². The number of aryl methyl sites for hydroxylation is 1. The first-order chi connectivity index (χ1) is 15.6. The van der Waals surface area contributed by atoms with Crippen LogP contribution in [0.25, 0.3) is 5.52 Å². The number of halogens is 5. The van der Waals surface area contributed by atoms with E-state index in [1.165, 1.54) is 10.7 Å². The van der Waals surface area contributed by atoms with E-state index in [0.717, 1.165) is 30.0 Å². The molecule has 4 heterocycles. The van der Waals surface area contributed by atoms with Crippen molar-refractivity contribution in [1.29, 1.82) is 0 Å². The van der Waals surface area contributed by atoms with E-state index in [4.69, 9.17) is 0 Å². The van der Waals surface area contributed by atoms with Crippen molar-refractivity contribution >= 4 is 17.2 Å². The third kappa shape index (κ3) is 4.13. The molecule has 172 valence electrons. The van der Waals surface area contributed by atoms with Crippen molar-refractivity contribution in [3.05, 3.63) is 71.1 Å². The monoisotopic (exact) mass is 463 g/mol. The summed E-state index contributed by atoms with van der Waals surface area (Å²) in [6.45, 7) is 1.26. The van der Waals surface area contributed by atoms with Crippen molar-refractivity contribution in [2.24, 2.45) is 0 Å². The molecule has 1 fully saturated rings. The topological polar surface area (TPSA) is 74.1 Å². The molecule has 1 saturated heterocycles. The molecule has 0 saturated carbocycles. The minimum absolute atomic E-state index is 0.0634. The van der Waals surface area contributed by atoms with Crippen LogP contribution in [0.15, 0.2) is 42.6 Å². The number of aromatic nitrogens is 5. The Bertz CT molecular complexity index is 1300. The summed E-state index contributed by atoms with van der Waals surface area (Å²) in [5, 5.41) is 13.7. The first-order valence-electron chi connectivity index (χ1n) is 10.0. The number of hydrogen-bond acceptors (Lipinski definition) is 5. The van der Waals surface area contributed by atoms with Crippen molar-refractivity contribution < 1.29 is 22.0 Å². The van der Waals surface area contributed by atoms with Gasteiger partial charge in [-0.2, -0.15) is 13.9 Å². The number of nitrogens with zero attached hydrogens (tertiary/aromatic N) is 5. The summed E-state index contributed by atoms with van der Waals surface area (Å²) in [5.41, 5.74) is 1.26. The van der Waals surface area contributed by atoms with Gasteiger partial charge in [0.05, 0.1) is 13.1 Å². The lowest BCUT2D eigenvalue weighted by atomic mass is 10.1. The standard InChI is InChI=1S/C21H18F5N7/c1-12-6-17(30-29-12)27-18-16-7-13(8-32-10-20(23,24)11-32)9-33(16)31-19(28-18)21(25,26)14-2-4-15(22)5-3-14/h2-7,9H,8,10-11H2,1H3,(H2,27,28,29,30,31). The third-order valence-electron chi connectivity index (χ3n) is 5.28. The normalized spacial score (nSPS) is 16.2. The quantitative estimate of drug-likeness (QED) is 0.419. The maximum absolute atomic E-state index is 15.2. The molecule has 12 heteroatoms. The van der Waals surface area contributed by atoms with Gasteiger partial charge in [-0.05, 0) is 42.8 Å². The van der Waals surface area contributed by atoms with Gasteiger partial charge in [0.1, 0.15) is 11.3 Å². The smallest absolute Gasteiger partial charge is 0.322 e. The van der Waals surface area contributed by atoms with Crippen LogP contribution in [0.5, 0.6) is 0 Å². The fourth-order valence-corrected chi connectivity index (χ4v) is 3.73. The number of anilines is 2. The largest absolute Gasteiger partial charge is 0.333 e. The SMILES string of the molecule is Cc1cc(Nc2nc(C(F)(F)c3ccc(F)cc3)nn3cc(CN4CC(F)(F)C4)cc23)n[nH]1. The maximum Gasteiger partial charge on any atom is 0.333 e. The van der Waals surface area contributed by atoms with E-state index in [1.54, 1.807) is 24.0 Å². The van der Waals surface area contributed by atoms with Gasteiger partial charge in [-0.1, -0.05) is 0 Å². The molecule has 0 radical (unpaired) electrons. The van der Waals surface area contributed by atoms with Crippen LogP contribution >= 0.6 is 0 Å². The fraction of sp³-hybridized carbons (Fsp3) is 0.286. The zero-order chi connectivity index (χ0) is 23.4. The molecular formula is C21H18F5N7. The molecule has 4 aromatic rings. The Morgan fingerprint density at radius 2 is 1.88 bits per heavy atom. The predicted molar refractivity (Wildman–Crippen MR) is 109 cm³/mol. The predicted octanol–water partition coefficient (Wildman–Crippen LogP) is 4.23. The van der Waals surface area contributed by atoms with Crippen LogP contribution in [0.1, 0.15) is 22.6 Å². The van der Waals surface area contributed by atoms with Crippen molar-refractivity contribution in [2.75, 3.05) is 18.4 Å². The van der Waals surface area contributed by atoms with Gasteiger partial charge in [-0.15, -0.1) is 5.10 Å². The lowest BCUT2D eigenvalue weighted by Crippen LogP contribution is -2.55. The highest BCUT2D eigenvalue weighted by Gasteiger charge is 2.43. The number of fused-ring (bicyclic) bond motifs is 1. The lowest BCUT2D eigenvalue weighted by molar-refractivity contribution is -0.133. The van der Waals surface area contributed by atoms with Crippen molar-refractivity contribution in [1.82, 2.24) is 29.7 Å². The van der Waals surface area contributed by atoms with Gasteiger partial charge in [0.25, 0.3) is 5.92 Å². The highest BCUT2D eigenvalue weighted by atomic mass is 19.3. The molecular weight excluding hydrogens is 445 g/mol. The Hall–Kier alpha value is -3.54. The number of likely N-dealkylation sites (tertiary alicyclic amines) is 1. The second-order valence-corrected chi connectivity index (χ2v) is 8.11. The van der Waals surface area contributed by atoms with E-state index in [0.29, 0.717) is 16.9 Å². The molecule has 2 N–H and O–H groups in total. The lowest BCUT2D eigenvalue weighted by Gasteiger charge is -2.38. The molecule has 3 aromatic heterocycles. The molecule has 0 aliphatic carbocycles. The molecule has 0 amide bonds.